The third-order valence-electron chi connectivity index (χ3n) is 1.97. The van der Waals surface area contributed by atoms with Crippen LogP contribution in [-0.4, -0.2) is 28.2 Å². The Kier molecular flexibility index (Phi) is 5.25. The second-order valence-electron chi connectivity index (χ2n) is 4.04. The molecule has 0 atom stereocenters. The van der Waals surface area contributed by atoms with Crippen molar-refractivity contribution >= 4 is 0 Å². The second kappa shape index (κ2) is 6.50. The Morgan fingerprint density at radius 3 is 3.00 bits per heavy atom. The van der Waals surface area contributed by atoms with Gasteiger partial charge in [-0.1, -0.05) is 19.1 Å². The van der Waals surface area contributed by atoms with E-state index in [0.717, 1.165) is 18.8 Å². The van der Waals surface area contributed by atoms with Crippen molar-refractivity contribution in [1.29, 1.82) is 0 Å². The van der Waals surface area contributed by atoms with Crippen LogP contribution < -0.4 is 5.32 Å². The first kappa shape index (κ1) is 12.1. The fraction of sp³-hybridized carbons (Fsp3) is 0.800. The molecule has 86 valence electrons. The maximum atomic E-state index is 11.9. The highest BCUT2D eigenvalue weighted by atomic mass is 19.1. The summed E-state index contributed by atoms with van der Waals surface area (Å²) in [5, 5.41) is 11.2. The summed E-state index contributed by atoms with van der Waals surface area (Å²) in [5.41, 5.74) is 0.912. The van der Waals surface area contributed by atoms with Crippen LogP contribution in [0.3, 0.4) is 0 Å². The van der Waals surface area contributed by atoms with Gasteiger partial charge in [0.25, 0.3) is 0 Å². The van der Waals surface area contributed by atoms with Crippen molar-refractivity contribution in [2.75, 3.05) is 13.2 Å². The smallest absolute Gasteiger partial charge is 0.0964 e. The predicted molar refractivity (Wildman–Crippen MR) is 57.2 cm³/mol. The van der Waals surface area contributed by atoms with E-state index in [4.69, 9.17) is 0 Å². The van der Waals surface area contributed by atoms with E-state index in [-0.39, 0.29) is 6.67 Å². The fourth-order valence-corrected chi connectivity index (χ4v) is 1.24. The molecule has 1 aromatic heterocycles. The van der Waals surface area contributed by atoms with Gasteiger partial charge in [-0.2, -0.15) is 0 Å². The zero-order valence-electron chi connectivity index (χ0n) is 9.41. The van der Waals surface area contributed by atoms with Crippen molar-refractivity contribution in [3.63, 3.8) is 0 Å². The van der Waals surface area contributed by atoms with Crippen LogP contribution in [0.5, 0.6) is 0 Å². The first-order valence-corrected chi connectivity index (χ1v) is 5.38. The van der Waals surface area contributed by atoms with Crippen molar-refractivity contribution in [3.05, 3.63) is 11.9 Å². The molecule has 0 aliphatic rings. The van der Waals surface area contributed by atoms with E-state index in [2.05, 4.69) is 29.5 Å². The zero-order valence-corrected chi connectivity index (χ0v) is 9.41. The number of nitrogens with zero attached hydrogens (tertiary/aromatic N) is 3. The normalized spacial score (nSPS) is 11.2. The number of alkyl halides is 1. The number of aromatic nitrogens is 3. The number of aryl methyl sites for hydroxylation is 1. The maximum absolute atomic E-state index is 11.9. The van der Waals surface area contributed by atoms with Gasteiger partial charge in [0.15, 0.2) is 0 Å². The first-order chi connectivity index (χ1) is 7.22. The van der Waals surface area contributed by atoms with Crippen LogP contribution >= 0.6 is 0 Å². The predicted octanol–water partition coefficient (Wildman–Crippen LogP) is 1.38. The molecule has 15 heavy (non-hydrogen) atoms. The number of halogens is 1. The molecule has 0 aliphatic heterocycles. The third-order valence-corrected chi connectivity index (χ3v) is 1.97. The summed E-state index contributed by atoms with van der Waals surface area (Å²) < 4.78 is 13.6. The number of nitrogens with one attached hydrogen (secondary N) is 1. The van der Waals surface area contributed by atoms with Crippen LogP contribution in [-0.2, 0) is 13.1 Å². The molecule has 1 aromatic rings. The van der Waals surface area contributed by atoms with Gasteiger partial charge in [-0.25, -0.2) is 0 Å². The molecule has 0 saturated heterocycles. The lowest BCUT2D eigenvalue weighted by molar-refractivity contribution is 0.431. The highest BCUT2D eigenvalue weighted by Gasteiger charge is 2.00. The molecule has 0 unspecified atom stereocenters. The molecule has 4 nitrogen and oxygen atoms in total. The lowest BCUT2D eigenvalue weighted by atomic mass is 10.2. The quantitative estimate of drug-likeness (QED) is 0.745. The summed E-state index contributed by atoms with van der Waals surface area (Å²) in [6, 6.07) is 0. The van der Waals surface area contributed by atoms with Gasteiger partial charge in [-0.3, -0.25) is 9.07 Å². The van der Waals surface area contributed by atoms with Crippen molar-refractivity contribution in [2.45, 2.75) is 33.4 Å². The molecule has 0 spiro atoms. The number of rotatable bonds is 7. The van der Waals surface area contributed by atoms with Crippen molar-refractivity contribution in [2.24, 2.45) is 5.92 Å². The number of hydrogen-bond acceptors (Lipinski definition) is 3. The Morgan fingerprint density at radius 1 is 1.53 bits per heavy atom. The summed E-state index contributed by atoms with van der Waals surface area (Å²) >= 11 is 0. The van der Waals surface area contributed by atoms with Crippen molar-refractivity contribution in [3.8, 4) is 0 Å². The van der Waals surface area contributed by atoms with E-state index in [1.807, 2.05) is 6.20 Å². The van der Waals surface area contributed by atoms with Gasteiger partial charge in [-0.05, 0) is 18.9 Å². The first-order valence-electron chi connectivity index (χ1n) is 5.38. The molecule has 1 heterocycles. The Morgan fingerprint density at radius 2 is 2.33 bits per heavy atom. The van der Waals surface area contributed by atoms with Gasteiger partial charge in [0, 0.05) is 19.3 Å². The molecule has 0 aromatic carbocycles. The van der Waals surface area contributed by atoms with E-state index in [1.165, 1.54) is 0 Å². The van der Waals surface area contributed by atoms with Crippen LogP contribution in [0.25, 0.3) is 0 Å². The third kappa shape index (κ3) is 4.88. The van der Waals surface area contributed by atoms with Gasteiger partial charge >= 0.3 is 0 Å². The molecule has 0 amide bonds. The van der Waals surface area contributed by atoms with Gasteiger partial charge in [-0.15, -0.1) is 5.10 Å². The number of hydrogen-bond donors (Lipinski definition) is 1. The Labute approximate surface area is 89.9 Å². The molecule has 0 fully saturated rings. The highest BCUT2D eigenvalue weighted by Crippen LogP contribution is 1.96. The lowest BCUT2D eigenvalue weighted by Gasteiger charge is -2.04. The van der Waals surface area contributed by atoms with E-state index in [1.54, 1.807) is 4.68 Å². The minimum Gasteiger partial charge on any atom is -0.311 e. The van der Waals surface area contributed by atoms with Crippen LogP contribution in [0.15, 0.2) is 6.20 Å². The lowest BCUT2D eigenvalue weighted by Crippen LogP contribution is -2.19. The van der Waals surface area contributed by atoms with Gasteiger partial charge < -0.3 is 5.32 Å². The minimum atomic E-state index is -0.305. The highest BCUT2D eigenvalue weighted by molar-refractivity contribution is 4.91. The minimum absolute atomic E-state index is 0.305. The van der Waals surface area contributed by atoms with E-state index < -0.39 is 0 Å². The Hall–Kier alpha value is -0.970. The molecule has 1 N–H and O–H groups in total. The van der Waals surface area contributed by atoms with E-state index in [0.29, 0.717) is 18.9 Å². The van der Waals surface area contributed by atoms with E-state index >= 15 is 0 Å². The molecular formula is C10H19FN4. The molecule has 5 heteroatoms. The van der Waals surface area contributed by atoms with Crippen LogP contribution in [0, 0.1) is 5.92 Å². The van der Waals surface area contributed by atoms with Gasteiger partial charge in [0.05, 0.1) is 12.4 Å². The van der Waals surface area contributed by atoms with Crippen LogP contribution in [0.4, 0.5) is 4.39 Å². The fourth-order valence-electron chi connectivity index (χ4n) is 1.24. The van der Waals surface area contributed by atoms with E-state index in [9.17, 15) is 4.39 Å². The molecule has 0 aliphatic carbocycles. The van der Waals surface area contributed by atoms with Crippen molar-refractivity contribution in [1.82, 2.24) is 20.3 Å². The largest absolute Gasteiger partial charge is 0.311 e. The Bertz CT molecular complexity index is 272. The van der Waals surface area contributed by atoms with Gasteiger partial charge in [0.2, 0.25) is 0 Å². The molecule has 0 bridgehead atoms. The average molecular weight is 214 g/mol. The summed E-state index contributed by atoms with van der Waals surface area (Å²) in [6.45, 7) is 6.32. The molecular weight excluding hydrogens is 195 g/mol. The maximum Gasteiger partial charge on any atom is 0.0964 e. The SMILES string of the molecule is CC(C)CNCc1cn(CCCF)nn1. The second-order valence-corrected chi connectivity index (χ2v) is 4.04. The summed E-state index contributed by atoms with van der Waals surface area (Å²) in [5.74, 6) is 0.631. The average Bonchev–Trinajstić information content (AvgIpc) is 2.62. The Balaban J connectivity index is 2.26. The summed E-state index contributed by atoms with van der Waals surface area (Å²) in [6.07, 6.45) is 2.37. The standard InChI is InChI=1S/C10H19FN4/c1-9(2)6-12-7-10-8-15(14-13-10)5-3-4-11/h8-9,12H,3-7H2,1-2H3. The van der Waals surface area contributed by atoms with Crippen LogP contribution in [0.1, 0.15) is 26.0 Å². The van der Waals surface area contributed by atoms with Gasteiger partial charge in [0.1, 0.15) is 0 Å². The summed E-state index contributed by atoms with van der Waals surface area (Å²) in [4.78, 5) is 0. The van der Waals surface area contributed by atoms with Crippen LogP contribution in [0.2, 0.25) is 0 Å². The molecule has 0 radical (unpaired) electrons. The molecule has 0 saturated carbocycles. The topological polar surface area (TPSA) is 42.7 Å². The zero-order chi connectivity index (χ0) is 11.1. The summed E-state index contributed by atoms with van der Waals surface area (Å²) in [7, 11) is 0. The monoisotopic (exact) mass is 214 g/mol. The molecule has 1 rings (SSSR count). The van der Waals surface area contributed by atoms with Crippen molar-refractivity contribution < 1.29 is 4.39 Å².